The number of nitrogens with one attached hydrogen (secondary N) is 2. The van der Waals surface area contributed by atoms with Crippen molar-refractivity contribution in [3.05, 3.63) is 34.9 Å². The number of aliphatic hydroxyl groups is 1. The lowest BCUT2D eigenvalue weighted by Crippen LogP contribution is -2.39. The van der Waals surface area contributed by atoms with Crippen molar-refractivity contribution in [2.75, 3.05) is 20.3 Å². The molecule has 0 saturated carbocycles. The minimum absolute atomic E-state index is 0.0637. The fraction of sp³-hybridized carbons (Fsp3) is 0.533. The number of hydrogen-bond donors (Lipinski definition) is 3. The first-order chi connectivity index (χ1) is 10.1. The molecule has 5 nitrogen and oxygen atoms in total. The zero-order chi connectivity index (χ0) is 15.7. The average Bonchev–Trinajstić information content (AvgIpc) is 2.46. The highest BCUT2D eigenvalue weighted by Crippen LogP contribution is 2.18. The minimum atomic E-state index is -0.562. The molecule has 0 aliphatic heterocycles. The summed E-state index contributed by atoms with van der Waals surface area (Å²) in [6.07, 6.45) is 0.675. The third kappa shape index (κ3) is 6.80. The molecule has 3 N–H and O–H groups in total. The van der Waals surface area contributed by atoms with Gasteiger partial charge in [-0.3, -0.25) is 0 Å². The van der Waals surface area contributed by atoms with E-state index in [0.29, 0.717) is 18.0 Å². The Kier molecular flexibility index (Phi) is 8.12. The van der Waals surface area contributed by atoms with Gasteiger partial charge in [-0.05, 0) is 30.5 Å². The summed E-state index contributed by atoms with van der Waals surface area (Å²) in [5.41, 5.74) is 1.01. The summed E-state index contributed by atoms with van der Waals surface area (Å²) in [5, 5.41) is 15.8. The van der Waals surface area contributed by atoms with Gasteiger partial charge < -0.3 is 20.5 Å². The first kappa shape index (κ1) is 17.8. The van der Waals surface area contributed by atoms with Crippen LogP contribution >= 0.6 is 11.6 Å². The maximum Gasteiger partial charge on any atom is 0.315 e. The monoisotopic (exact) mass is 314 g/mol. The Bertz CT molecular complexity index is 425. The Hall–Kier alpha value is -1.30. The summed E-state index contributed by atoms with van der Waals surface area (Å²) >= 11 is 5.86. The highest BCUT2D eigenvalue weighted by atomic mass is 35.5. The van der Waals surface area contributed by atoms with Gasteiger partial charge in [0.25, 0.3) is 0 Å². The largest absolute Gasteiger partial charge is 0.391 e. The van der Waals surface area contributed by atoms with E-state index in [2.05, 4.69) is 10.6 Å². The second-order valence-electron chi connectivity index (χ2n) is 4.81. The van der Waals surface area contributed by atoms with E-state index >= 15 is 0 Å². The molecule has 0 bridgehead atoms. The molecule has 1 rings (SSSR count). The van der Waals surface area contributed by atoms with Crippen LogP contribution in [0.5, 0.6) is 0 Å². The summed E-state index contributed by atoms with van der Waals surface area (Å²) in [7, 11) is 1.53. The van der Waals surface area contributed by atoms with E-state index in [1.165, 1.54) is 7.11 Å². The molecule has 1 aromatic carbocycles. The molecule has 118 valence electrons. The molecule has 1 aromatic rings. The predicted octanol–water partition coefficient (Wildman–Crippen LogP) is 2.49. The number of benzene rings is 1. The number of hydrogen-bond acceptors (Lipinski definition) is 3. The molecule has 2 amide bonds. The van der Waals surface area contributed by atoms with Crippen molar-refractivity contribution in [1.29, 1.82) is 0 Å². The number of urea groups is 1. The van der Waals surface area contributed by atoms with E-state index in [1.54, 1.807) is 12.1 Å². The topological polar surface area (TPSA) is 70.6 Å². The van der Waals surface area contributed by atoms with Crippen molar-refractivity contribution >= 4 is 17.6 Å². The Morgan fingerprint density at radius 1 is 1.38 bits per heavy atom. The van der Waals surface area contributed by atoms with Gasteiger partial charge in [0, 0.05) is 18.7 Å². The zero-order valence-corrected chi connectivity index (χ0v) is 13.2. The first-order valence-electron chi connectivity index (χ1n) is 7.03. The Labute approximate surface area is 130 Å². The molecular weight excluding hydrogens is 292 g/mol. The quantitative estimate of drug-likeness (QED) is 0.690. The van der Waals surface area contributed by atoms with Crippen LogP contribution in [0.3, 0.4) is 0 Å². The Morgan fingerprint density at radius 2 is 2.05 bits per heavy atom. The Balaban J connectivity index is 2.39. The number of rotatable bonds is 8. The SMILES string of the molecule is CCC(NC(=O)NCCC(O)COC)c1ccc(Cl)cc1. The second kappa shape index (κ2) is 9.60. The summed E-state index contributed by atoms with van der Waals surface area (Å²) < 4.78 is 4.82. The molecule has 0 aliphatic carbocycles. The van der Waals surface area contributed by atoms with Gasteiger partial charge in [-0.1, -0.05) is 30.7 Å². The normalized spacial score (nSPS) is 13.5. The highest BCUT2D eigenvalue weighted by Gasteiger charge is 2.12. The number of carbonyl (C=O) groups is 1. The van der Waals surface area contributed by atoms with Crippen molar-refractivity contribution in [1.82, 2.24) is 10.6 Å². The summed E-state index contributed by atoms with van der Waals surface area (Å²) in [6, 6.07) is 7.10. The Morgan fingerprint density at radius 3 is 2.62 bits per heavy atom. The average molecular weight is 315 g/mol. The maximum absolute atomic E-state index is 11.8. The van der Waals surface area contributed by atoms with Gasteiger partial charge in [-0.2, -0.15) is 0 Å². The highest BCUT2D eigenvalue weighted by molar-refractivity contribution is 6.30. The van der Waals surface area contributed by atoms with E-state index in [9.17, 15) is 9.90 Å². The van der Waals surface area contributed by atoms with Crippen molar-refractivity contribution in [3.8, 4) is 0 Å². The summed E-state index contributed by atoms with van der Waals surface area (Å²) in [6.45, 7) is 2.67. The second-order valence-corrected chi connectivity index (χ2v) is 5.25. The number of amides is 2. The van der Waals surface area contributed by atoms with E-state index in [-0.39, 0.29) is 18.7 Å². The van der Waals surface area contributed by atoms with E-state index in [0.717, 1.165) is 12.0 Å². The van der Waals surface area contributed by atoms with Crippen molar-refractivity contribution in [2.45, 2.75) is 31.9 Å². The maximum atomic E-state index is 11.8. The number of halogens is 1. The van der Waals surface area contributed by atoms with Crippen LogP contribution in [-0.2, 0) is 4.74 Å². The molecule has 0 heterocycles. The molecule has 0 spiro atoms. The molecule has 0 radical (unpaired) electrons. The molecule has 2 unspecified atom stereocenters. The van der Waals surface area contributed by atoms with Crippen molar-refractivity contribution in [2.24, 2.45) is 0 Å². The summed E-state index contributed by atoms with van der Waals surface area (Å²) in [5.74, 6) is 0. The van der Waals surface area contributed by atoms with Crippen LogP contribution in [-0.4, -0.2) is 37.5 Å². The fourth-order valence-corrected chi connectivity index (χ4v) is 2.08. The standard InChI is InChI=1S/C15H23ClN2O3/c1-3-14(11-4-6-12(16)7-5-11)18-15(20)17-9-8-13(19)10-21-2/h4-7,13-14,19H,3,8-10H2,1-2H3,(H2,17,18,20). The van der Waals surface area contributed by atoms with Crippen molar-refractivity contribution < 1.29 is 14.6 Å². The number of methoxy groups -OCH3 is 1. The van der Waals surface area contributed by atoms with Gasteiger partial charge in [-0.15, -0.1) is 0 Å². The van der Waals surface area contributed by atoms with Crippen LogP contribution in [0.15, 0.2) is 24.3 Å². The number of carbonyl (C=O) groups excluding carboxylic acids is 1. The van der Waals surface area contributed by atoms with Gasteiger partial charge in [0.1, 0.15) is 0 Å². The van der Waals surface area contributed by atoms with Gasteiger partial charge in [0.05, 0.1) is 18.8 Å². The molecule has 21 heavy (non-hydrogen) atoms. The smallest absolute Gasteiger partial charge is 0.315 e. The van der Waals surface area contributed by atoms with Crippen LogP contribution in [0.2, 0.25) is 5.02 Å². The van der Waals surface area contributed by atoms with Gasteiger partial charge >= 0.3 is 6.03 Å². The van der Waals surface area contributed by atoms with Crippen LogP contribution in [0.4, 0.5) is 4.79 Å². The number of ether oxygens (including phenoxy) is 1. The van der Waals surface area contributed by atoms with E-state index in [1.807, 2.05) is 19.1 Å². The van der Waals surface area contributed by atoms with Gasteiger partial charge in [-0.25, -0.2) is 4.79 Å². The van der Waals surface area contributed by atoms with Crippen LogP contribution in [0.1, 0.15) is 31.4 Å². The van der Waals surface area contributed by atoms with Gasteiger partial charge in [0.15, 0.2) is 0 Å². The van der Waals surface area contributed by atoms with Gasteiger partial charge in [0.2, 0.25) is 0 Å². The third-order valence-electron chi connectivity index (χ3n) is 3.11. The fourth-order valence-electron chi connectivity index (χ4n) is 1.95. The molecule has 0 aromatic heterocycles. The molecule has 0 fully saturated rings. The van der Waals surface area contributed by atoms with Crippen LogP contribution in [0.25, 0.3) is 0 Å². The molecule has 2 atom stereocenters. The number of aliphatic hydroxyl groups excluding tert-OH is 1. The van der Waals surface area contributed by atoms with E-state index in [4.69, 9.17) is 16.3 Å². The van der Waals surface area contributed by atoms with Crippen LogP contribution in [0, 0.1) is 0 Å². The minimum Gasteiger partial charge on any atom is -0.391 e. The lowest BCUT2D eigenvalue weighted by Gasteiger charge is -2.18. The molecular formula is C15H23ClN2O3. The molecule has 6 heteroatoms. The lowest BCUT2D eigenvalue weighted by atomic mass is 10.1. The van der Waals surface area contributed by atoms with Crippen molar-refractivity contribution in [3.63, 3.8) is 0 Å². The lowest BCUT2D eigenvalue weighted by molar-refractivity contribution is 0.0598. The zero-order valence-electron chi connectivity index (χ0n) is 12.4. The van der Waals surface area contributed by atoms with E-state index < -0.39 is 6.10 Å². The van der Waals surface area contributed by atoms with Crippen LogP contribution < -0.4 is 10.6 Å². The molecule has 0 aliphatic rings. The first-order valence-corrected chi connectivity index (χ1v) is 7.41. The summed E-state index contributed by atoms with van der Waals surface area (Å²) in [4.78, 5) is 11.8. The third-order valence-corrected chi connectivity index (χ3v) is 3.36. The molecule has 0 saturated heterocycles. The predicted molar refractivity (Wildman–Crippen MR) is 83.5 cm³/mol.